The molecule has 13 rings (SSSR count). The molecule has 320 valence electrons. The quantitative estimate of drug-likeness (QED) is 0.192. The lowest BCUT2D eigenvalue weighted by atomic mass is 9.61. The number of aryl methyl sites for hydroxylation is 1. The van der Waals surface area contributed by atoms with E-state index in [-0.39, 0.29) is 5.41 Å². The van der Waals surface area contributed by atoms with Crippen LogP contribution >= 0.6 is 0 Å². The Morgan fingerprint density at radius 2 is 1.35 bits per heavy atom. The predicted octanol–water partition coefficient (Wildman–Crippen LogP) is 17.2. The third-order valence-corrected chi connectivity index (χ3v) is 17.4. The molecule has 0 amide bonds. The molecule has 0 bridgehead atoms. The van der Waals surface area contributed by atoms with Gasteiger partial charge >= 0.3 is 0 Å². The van der Waals surface area contributed by atoms with Crippen LogP contribution in [0.2, 0.25) is 0 Å². The molecule has 3 unspecified atom stereocenters. The summed E-state index contributed by atoms with van der Waals surface area (Å²) in [4.78, 5) is 0. The minimum atomic E-state index is 0.0117. The molecule has 0 fully saturated rings. The topological polar surface area (TPSA) is 0 Å². The van der Waals surface area contributed by atoms with E-state index in [1.165, 1.54) is 92.5 Å². The number of rotatable bonds is 4. The summed E-state index contributed by atoms with van der Waals surface area (Å²) < 4.78 is 0. The van der Waals surface area contributed by atoms with Gasteiger partial charge in [-0.1, -0.05) is 152 Å². The van der Waals surface area contributed by atoms with Gasteiger partial charge < -0.3 is 0 Å². The lowest BCUT2D eigenvalue weighted by molar-refractivity contribution is 0.642. The highest BCUT2D eigenvalue weighted by Crippen LogP contribution is 2.58. The van der Waals surface area contributed by atoms with Gasteiger partial charge in [-0.2, -0.15) is 0 Å². The van der Waals surface area contributed by atoms with Crippen LogP contribution in [0.3, 0.4) is 0 Å². The van der Waals surface area contributed by atoms with Gasteiger partial charge in [0.1, 0.15) is 0 Å². The summed E-state index contributed by atoms with van der Waals surface area (Å²) in [5.41, 5.74) is 35.0. The fourth-order valence-corrected chi connectivity index (χ4v) is 14.1. The van der Waals surface area contributed by atoms with E-state index in [1.54, 1.807) is 61.3 Å². The minimum Gasteiger partial charge on any atom is -0.0839 e. The second-order valence-electron chi connectivity index (χ2n) is 21.1. The summed E-state index contributed by atoms with van der Waals surface area (Å²) in [5.74, 6) is 1.23. The van der Waals surface area contributed by atoms with E-state index in [9.17, 15) is 0 Å². The zero-order chi connectivity index (χ0) is 43.6. The summed E-state index contributed by atoms with van der Waals surface area (Å²) in [6, 6.07) is 31.3. The van der Waals surface area contributed by atoms with Crippen LogP contribution in [0.4, 0.5) is 0 Å². The Morgan fingerprint density at radius 1 is 0.569 bits per heavy atom. The van der Waals surface area contributed by atoms with Crippen molar-refractivity contribution >= 4 is 17.2 Å². The molecular formula is C65H60. The molecule has 0 saturated heterocycles. The summed E-state index contributed by atoms with van der Waals surface area (Å²) in [6.07, 6.45) is 36.9. The molecule has 0 aliphatic heterocycles. The molecular weight excluding hydrogens is 781 g/mol. The zero-order valence-corrected chi connectivity index (χ0v) is 38.8. The van der Waals surface area contributed by atoms with Crippen molar-refractivity contribution in [2.45, 2.75) is 110 Å². The molecule has 9 aliphatic carbocycles. The molecule has 65 heavy (non-hydrogen) atoms. The van der Waals surface area contributed by atoms with Crippen molar-refractivity contribution in [3.8, 4) is 22.3 Å². The summed E-state index contributed by atoms with van der Waals surface area (Å²) >= 11 is 0. The molecule has 0 heterocycles. The van der Waals surface area contributed by atoms with Crippen LogP contribution in [0.25, 0.3) is 39.5 Å². The number of hydrogen-bond acceptors (Lipinski definition) is 0. The highest BCUT2D eigenvalue weighted by molar-refractivity contribution is 5.89. The van der Waals surface area contributed by atoms with Crippen LogP contribution in [-0.2, 0) is 11.8 Å². The Bertz CT molecular complexity index is 3150. The standard InChI is InChI=1S/C65H60/c1-39-21-23-41-13-5-7-15-49(41)63(39)59-37-58-53-31-29-47(35-56(53)60(38-57(58)51-17-9-10-18-52(51)59)64-40(2)22-24-42-14-6-8-16-50(42)64)45-27-25-44-34-46(28-26-43(44)33-45)48-30-32-55-54-19-11-12-20-61(54)65(3,4)62(55)36-48/h5-6,8,10-14,16,18-20,22,25,27,29-36,42,59-60H,7,9,15,17,21,23-24,26,28,37-38H2,1-4H3. The monoisotopic (exact) mass is 840 g/mol. The molecule has 0 spiro atoms. The first-order chi connectivity index (χ1) is 31.8. The lowest BCUT2D eigenvalue weighted by Crippen LogP contribution is -2.26. The molecule has 9 aliphatic rings. The molecule has 0 heteroatoms. The molecule has 0 radical (unpaired) electrons. The van der Waals surface area contributed by atoms with E-state index in [0.717, 1.165) is 44.9 Å². The van der Waals surface area contributed by atoms with Crippen molar-refractivity contribution in [2.75, 3.05) is 0 Å². The van der Waals surface area contributed by atoms with Crippen molar-refractivity contribution in [3.05, 3.63) is 228 Å². The Morgan fingerprint density at radius 3 is 2.28 bits per heavy atom. The van der Waals surface area contributed by atoms with E-state index in [2.05, 4.69) is 167 Å². The number of benzene rings is 4. The highest BCUT2D eigenvalue weighted by Gasteiger charge is 2.41. The maximum Gasteiger partial charge on any atom is 0.0159 e. The predicted molar refractivity (Wildman–Crippen MR) is 274 cm³/mol. The molecule has 4 aromatic carbocycles. The first-order valence-electron chi connectivity index (χ1n) is 25.0. The van der Waals surface area contributed by atoms with Crippen LogP contribution in [0, 0.1) is 11.8 Å². The molecule has 3 atom stereocenters. The van der Waals surface area contributed by atoms with Gasteiger partial charge in [0.05, 0.1) is 0 Å². The van der Waals surface area contributed by atoms with Gasteiger partial charge in [0.2, 0.25) is 0 Å². The molecule has 0 N–H and O–H groups in total. The molecule has 0 saturated carbocycles. The van der Waals surface area contributed by atoms with Crippen LogP contribution in [0.15, 0.2) is 189 Å². The summed E-state index contributed by atoms with van der Waals surface area (Å²) in [7, 11) is 0. The average molecular weight is 841 g/mol. The zero-order valence-electron chi connectivity index (χ0n) is 38.8. The average Bonchev–Trinajstić information content (AvgIpc) is 3.58. The Balaban J connectivity index is 0.905. The lowest BCUT2D eigenvalue weighted by Gasteiger charge is -2.43. The highest BCUT2D eigenvalue weighted by atomic mass is 14.4. The van der Waals surface area contributed by atoms with Crippen LogP contribution in [0.5, 0.6) is 0 Å². The maximum atomic E-state index is 2.64. The number of fused-ring (bicyclic) bond motifs is 8. The first kappa shape index (κ1) is 39.4. The van der Waals surface area contributed by atoms with Crippen molar-refractivity contribution in [2.24, 2.45) is 11.8 Å². The molecule has 0 nitrogen and oxygen atoms in total. The van der Waals surface area contributed by atoms with Gasteiger partial charge in [0, 0.05) is 23.2 Å². The van der Waals surface area contributed by atoms with E-state index >= 15 is 0 Å². The van der Waals surface area contributed by atoms with Gasteiger partial charge in [-0.3, -0.25) is 0 Å². The van der Waals surface area contributed by atoms with E-state index in [1.807, 2.05) is 0 Å². The van der Waals surface area contributed by atoms with Crippen LogP contribution < -0.4 is 0 Å². The smallest absolute Gasteiger partial charge is 0.0159 e. The van der Waals surface area contributed by atoms with Gasteiger partial charge in [-0.05, 0) is 214 Å². The van der Waals surface area contributed by atoms with Gasteiger partial charge in [0.25, 0.3) is 0 Å². The maximum absolute atomic E-state index is 2.64. The van der Waals surface area contributed by atoms with Crippen molar-refractivity contribution in [1.82, 2.24) is 0 Å². The normalized spacial score (nSPS) is 24.5. The second kappa shape index (κ2) is 15.0. The number of hydrogen-bond donors (Lipinski definition) is 0. The van der Waals surface area contributed by atoms with Crippen LogP contribution in [-0.4, -0.2) is 0 Å². The van der Waals surface area contributed by atoms with Crippen molar-refractivity contribution in [3.63, 3.8) is 0 Å². The van der Waals surface area contributed by atoms with Crippen molar-refractivity contribution in [1.29, 1.82) is 0 Å². The van der Waals surface area contributed by atoms with Gasteiger partial charge in [-0.25, -0.2) is 0 Å². The van der Waals surface area contributed by atoms with E-state index in [0.29, 0.717) is 17.8 Å². The van der Waals surface area contributed by atoms with E-state index in [4.69, 9.17) is 0 Å². The SMILES string of the molecule is CC1=CCC2C=CC=CC2=C1C1CC2=C(CC(C3=C(C)CCC4=C3CCC=C4)C3=C2CCC=C3)c2ccc(-c3ccc4c(c3)CCC(c3ccc5c(c3)C(C)(C)c3ccccc3-5)=C4)cc21. The third-order valence-electron chi connectivity index (χ3n) is 17.4. The largest absolute Gasteiger partial charge is 0.0839 e. The van der Waals surface area contributed by atoms with Crippen molar-refractivity contribution < 1.29 is 0 Å². The fraction of sp³-hybridized carbons (Fsp3) is 0.292. The third kappa shape index (κ3) is 6.15. The van der Waals surface area contributed by atoms with Gasteiger partial charge in [-0.15, -0.1) is 0 Å². The molecule has 4 aromatic rings. The summed E-state index contributed by atoms with van der Waals surface area (Å²) in [6.45, 7) is 9.65. The fourth-order valence-electron chi connectivity index (χ4n) is 14.1. The summed E-state index contributed by atoms with van der Waals surface area (Å²) in [5, 5.41) is 0. The number of allylic oxidation sites excluding steroid dienone is 21. The van der Waals surface area contributed by atoms with E-state index < -0.39 is 0 Å². The Hall–Kier alpha value is -5.98. The Kier molecular flexibility index (Phi) is 9.11. The second-order valence-corrected chi connectivity index (χ2v) is 21.1. The molecule has 0 aromatic heterocycles. The first-order valence-corrected chi connectivity index (χ1v) is 25.0. The minimum absolute atomic E-state index is 0.0117. The van der Waals surface area contributed by atoms with Gasteiger partial charge in [0.15, 0.2) is 0 Å². The van der Waals surface area contributed by atoms with Crippen LogP contribution in [0.1, 0.15) is 137 Å². The Labute approximate surface area is 387 Å².